The van der Waals surface area contributed by atoms with Gasteiger partial charge in [0.1, 0.15) is 18.2 Å². The molecule has 7 nitrogen and oxygen atoms in total. The third-order valence-corrected chi connectivity index (χ3v) is 5.14. The largest absolute Gasteiger partial charge is 0.366 e. The van der Waals surface area contributed by atoms with E-state index in [1.54, 1.807) is 6.07 Å². The number of benzene rings is 1. The van der Waals surface area contributed by atoms with Crippen LogP contribution in [-0.2, 0) is 13.6 Å². The Balaban J connectivity index is 0.00000300. The number of piperazine rings is 1. The lowest BCUT2D eigenvalue weighted by molar-refractivity contribution is 0.369. The summed E-state index contributed by atoms with van der Waals surface area (Å²) in [5.41, 5.74) is 0.675. The Bertz CT molecular complexity index is 800. The summed E-state index contributed by atoms with van der Waals surface area (Å²) in [5, 5.41) is 11.8. The van der Waals surface area contributed by atoms with Crippen LogP contribution >= 0.6 is 24.0 Å². The number of hydrogen-bond donors (Lipinski definition) is 1. The fraction of sp³-hybridized carbons (Fsp3) is 0.550. The Kier molecular flexibility index (Phi) is 9.12. The molecule has 1 aromatic carbocycles. The number of aliphatic imine (C=N–C) groups is 1. The molecule has 0 amide bonds. The van der Waals surface area contributed by atoms with Crippen molar-refractivity contribution < 1.29 is 4.39 Å². The van der Waals surface area contributed by atoms with Crippen LogP contribution in [0.2, 0.25) is 0 Å². The van der Waals surface area contributed by atoms with Gasteiger partial charge in [0.05, 0.1) is 5.69 Å². The lowest BCUT2D eigenvalue weighted by Crippen LogP contribution is -2.53. The van der Waals surface area contributed by atoms with Crippen LogP contribution in [0.4, 0.5) is 10.1 Å². The molecule has 2 aromatic rings. The quantitative estimate of drug-likeness (QED) is 0.278. The van der Waals surface area contributed by atoms with E-state index in [2.05, 4.69) is 32.2 Å². The van der Waals surface area contributed by atoms with Crippen LogP contribution < -0.4 is 10.2 Å². The van der Waals surface area contributed by atoms with Gasteiger partial charge in [0.25, 0.3) is 0 Å². The summed E-state index contributed by atoms with van der Waals surface area (Å²) in [5.74, 6) is 2.45. The van der Waals surface area contributed by atoms with Crippen LogP contribution in [0.3, 0.4) is 0 Å². The van der Waals surface area contributed by atoms with E-state index in [9.17, 15) is 4.39 Å². The van der Waals surface area contributed by atoms with Crippen molar-refractivity contribution in [1.29, 1.82) is 0 Å². The SMILES string of the molecule is CCCCNC(=NCc1nnc(C)n1C)N1CCN(c2ccccc2F)CC1.I. The number of rotatable bonds is 6. The first-order valence-corrected chi connectivity index (χ1v) is 9.97. The molecule has 1 fully saturated rings. The van der Waals surface area contributed by atoms with Crippen molar-refractivity contribution in [2.75, 3.05) is 37.6 Å². The predicted octanol–water partition coefficient (Wildman–Crippen LogP) is 2.95. The van der Waals surface area contributed by atoms with Crippen LogP contribution in [0.15, 0.2) is 29.3 Å². The van der Waals surface area contributed by atoms with E-state index in [-0.39, 0.29) is 29.8 Å². The molecule has 9 heteroatoms. The minimum atomic E-state index is -0.163. The summed E-state index contributed by atoms with van der Waals surface area (Å²) in [6.07, 6.45) is 2.22. The second kappa shape index (κ2) is 11.3. The number of guanidine groups is 1. The number of nitrogens with one attached hydrogen (secondary N) is 1. The summed E-state index contributed by atoms with van der Waals surface area (Å²) in [7, 11) is 1.96. The Morgan fingerprint density at radius 1 is 1.17 bits per heavy atom. The van der Waals surface area contributed by atoms with E-state index in [1.807, 2.05) is 30.7 Å². The Morgan fingerprint density at radius 2 is 1.90 bits per heavy atom. The summed E-state index contributed by atoms with van der Waals surface area (Å²) < 4.78 is 16.0. The number of para-hydroxylation sites is 1. The molecule has 0 saturated carbocycles. The van der Waals surface area contributed by atoms with Crippen molar-refractivity contribution in [1.82, 2.24) is 25.0 Å². The van der Waals surface area contributed by atoms with Gasteiger partial charge in [0.15, 0.2) is 11.8 Å². The second-order valence-corrected chi connectivity index (χ2v) is 7.07. The highest BCUT2D eigenvalue weighted by molar-refractivity contribution is 14.0. The Morgan fingerprint density at radius 3 is 2.52 bits per heavy atom. The van der Waals surface area contributed by atoms with Crippen LogP contribution in [0, 0.1) is 12.7 Å². The molecule has 1 aliphatic heterocycles. The number of aromatic nitrogens is 3. The molecular weight excluding hydrogens is 484 g/mol. The van der Waals surface area contributed by atoms with Gasteiger partial charge in [0, 0.05) is 39.8 Å². The van der Waals surface area contributed by atoms with Gasteiger partial charge in [0.2, 0.25) is 0 Å². The maximum atomic E-state index is 14.1. The molecule has 3 rings (SSSR count). The zero-order chi connectivity index (χ0) is 19.9. The van der Waals surface area contributed by atoms with Gasteiger partial charge in [-0.05, 0) is 25.5 Å². The molecule has 0 radical (unpaired) electrons. The minimum Gasteiger partial charge on any atom is -0.366 e. The molecule has 0 bridgehead atoms. The molecular formula is C20H31FIN7. The number of aryl methyl sites for hydroxylation is 1. The first kappa shape index (κ1) is 23.4. The molecule has 1 aromatic heterocycles. The van der Waals surface area contributed by atoms with Crippen LogP contribution in [0.1, 0.15) is 31.4 Å². The van der Waals surface area contributed by atoms with E-state index in [0.717, 1.165) is 63.2 Å². The highest BCUT2D eigenvalue weighted by Gasteiger charge is 2.21. The van der Waals surface area contributed by atoms with Crippen LogP contribution in [-0.4, -0.2) is 58.3 Å². The standard InChI is InChI=1S/C20H30FN7.HI/c1-4-5-10-22-20(23-15-19-25-24-16(2)26(19)3)28-13-11-27(12-14-28)18-9-7-6-8-17(18)21;/h6-9H,4-5,10-15H2,1-3H3,(H,22,23);1H. The highest BCUT2D eigenvalue weighted by atomic mass is 127. The van der Waals surface area contributed by atoms with Gasteiger partial charge in [-0.15, -0.1) is 34.2 Å². The molecule has 1 aliphatic rings. The van der Waals surface area contributed by atoms with E-state index in [4.69, 9.17) is 4.99 Å². The van der Waals surface area contributed by atoms with Gasteiger partial charge >= 0.3 is 0 Å². The molecule has 0 aliphatic carbocycles. The van der Waals surface area contributed by atoms with Crippen LogP contribution in [0.5, 0.6) is 0 Å². The van der Waals surface area contributed by atoms with Gasteiger partial charge in [-0.25, -0.2) is 9.38 Å². The molecule has 0 atom stereocenters. The molecule has 0 unspecified atom stereocenters. The minimum absolute atomic E-state index is 0. The molecule has 1 N–H and O–H groups in total. The number of nitrogens with zero attached hydrogens (tertiary/aromatic N) is 6. The monoisotopic (exact) mass is 515 g/mol. The summed E-state index contributed by atoms with van der Waals surface area (Å²) >= 11 is 0. The van der Waals surface area contributed by atoms with Crippen molar-refractivity contribution in [3.05, 3.63) is 41.7 Å². The Labute approximate surface area is 189 Å². The molecule has 160 valence electrons. The first-order chi connectivity index (χ1) is 13.6. The number of unbranched alkanes of at least 4 members (excludes halogenated alkanes) is 1. The van der Waals surface area contributed by atoms with Crippen molar-refractivity contribution in [3.63, 3.8) is 0 Å². The van der Waals surface area contributed by atoms with E-state index in [1.165, 1.54) is 6.07 Å². The second-order valence-electron chi connectivity index (χ2n) is 7.07. The fourth-order valence-electron chi connectivity index (χ4n) is 3.25. The number of hydrogen-bond acceptors (Lipinski definition) is 4. The summed E-state index contributed by atoms with van der Waals surface area (Å²) in [4.78, 5) is 9.14. The van der Waals surface area contributed by atoms with E-state index in [0.29, 0.717) is 12.2 Å². The van der Waals surface area contributed by atoms with Crippen LogP contribution in [0.25, 0.3) is 0 Å². The zero-order valence-electron chi connectivity index (χ0n) is 17.4. The molecule has 29 heavy (non-hydrogen) atoms. The van der Waals surface area contributed by atoms with Gasteiger partial charge in [-0.1, -0.05) is 25.5 Å². The van der Waals surface area contributed by atoms with Crippen molar-refractivity contribution >= 4 is 35.6 Å². The number of halogens is 2. The Hall–Kier alpha value is -1.91. The van der Waals surface area contributed by atoms with Crippen molar-refractivity contribution in [2.24, 2.45) is 12.0 Å². The summed E-state index contributed by atoms with van der Waals surface area (Å²) in [6.45, 7) is 8.60. The molecule has 1 saturated heterocycles. The van der Waals surface area contributed by atoms with E-state index < -0.39 is 0 Å². The normalized spacial score (nSPS) is 14.7. The average Bonchev–Trinajstić information content (AvgIpc) is 3.03. The van der Waals surface area contributed by atoms with Gasteiger partial charge in [-0.2, -0.15) is 0 Å². The third kappa shape index (κ3) is 6.03. The fourth-order valence-corrected chi connectivity index (χ4v) is 3.25. The molecule has 2 heterocycles. The number of anilines is 1. The summed E-state index contributed by atoms with van der Waals surface area (Å²) in [6, 6.07) is 6.97. The molecule has 0 spiro atoms. The van der Waals surface area contributed by atoms with Crippen molar-refractivity contribution in [2.45, 2.75) is 33.2 Å². The zero-order valence-corrected chi connectivity index (χ0v) is 19.8. The third-order valence-electron chi connectivity index (χ3n) is 5.14. The maximum Gasteiger partial charge on any atom is 0.194 e. The predicted molar refractivity (Wildman–Crippen MR) is 125 cm³/mol. The smallest absolute Gasteiger partial charge is 0.194 e. The lowest BCUT2D eigenvalue weighted by Gasteiger charge is -2.37. The maximum absolute atomic E-state index is 14.1. The lowest BCUT2D eigenvalue weighted by atomic mass is 10.2. The van der Waals surface area contributed by atoms with Crippen molar-refractivity contribution in [3.8, 4) is 0 Å². The van der Waals surface area contributed by atoms with Gasteiger partial charge < -0.3 is 19.7 Å². The van der Waals surface area contributed by atoms with E-state index >= 15 is 0 Å². The first-order valence-electron chi connectivity index (χ1n) is 9.97. The van der Waals surface area contributed by atoms with Gasteiger partial charge in [-0.3, -0.25) is 0 Å². The highest BCUT2D eigenvalue weighted by Crippen LogP contribution is 2.20. The average molecular weight is 515 g/mol. The topological polar surface area (TPSA) is 61.6 Å².